The SMILES string of the molecule is CCCNc1nc(C)cc(-c2cccc(Cl)c2)n1. The third-order valence-corrected chi connectivity index (χ3v) is 2.74. The van der Waals surface area contributed by atoms with E-state index in [0.717, 1.165) is 29.9 Å². The first-order valence-corrected chi connectivity index (χ1v) is 6.42. The predicted octanol–water partition coefficient (Wildman–Crippen LogP) is 3.93. The van der Waals surface area contributed by atoms with Crippen molar-refractivity contribution < 1.29 is 0 Å². The van der Waals surface area contributed by atoms with Crippen LogP contribution in [0.15, 0.2) is 30.3 Å². The fraction of sp³-hybridized carbons (Fsp3) is 0.286. The van der Waals surface area contributed by atoms with E-state index < -0.39 is 0 Å². The lowest BCUT2D eigenvalue weighted by atomic mass is 10.1. The van der Waals surface area contributed by atoms with Crippen LogP contribution in [0.2, 0.25) is 5.02 Å². The van der Waals surface area contributed by atoms with E-state index in [2.05, 4.69) is 22.2 Å². The van der Waals surface area contributed by atoms with Gasteiger partial charge in [0.1, 0.15) is 0 Å². The van der Waals surface area contributed by atoms with E-state index in [1.807, 2.05) is 37.3 Å². The highest BCUT2D eigenvalue weighted by Crippen LogP contribution is 2.22. The van der Waals surface area contributed by atoms with Gasteiger partial charge in [-0.3, -0.25) is 0 Å². The first-order valence-electron chi connectivity index (χ1n) is 6.04. The molecule has 0 radical (unpaired) electrons. The summed E-state index contributed by atoms with van der Waals surface area (Å²) in [5.74, 6) is 0.673. The summed E-state index contributed by atoms with van der Waals surface area (Å²) in [4.78, 5) is 8.87. The Bertz CT molecular complexity index is 540. The molecule has 18 heavy (non-hydrogen) atoms. The summed E-state index contributed by atoms with van der Waals surface area (Å²) in [6, 6.07) is 9.65. The second kappa shape index (κ2) is 5.83. The van der Waals surface area contributed by atoms with Crippen molar-refractivity contribution in [2.45, 2.75) is 20.3 Å². The summed E-state index contributed by atoms with van der Waals surface area (Å²) in [6.45, 7) is 4.95. The summed E-state index contributed by atoms with van der Waals surface area (Å²) in [5, 5.41) is 3.92. The monoisotopic (exact) mass is 261 g/mol. The van der Waals surface area contributed by atoms with Crippen molar-refractivity contribution in [1.29, 1.82) is 0 Å². The summed E-state index contributed by atoms with van der Waals surface area (Å²) < 4.78 is 0. The summed E-state index contributed by atoms with van der Waals surface area (Å²) in [6.07, 6.45) is 1.05. The maximum absolute atomic E-state index is 6.00. The first-order chi connectivity index (χ1) is 8.69. The minimum atomic E-state index is 0.673. The maximum Gasteiger partial charge on any atom is 0.223 e. The fourth-order valence-electron chi connectivity index (χ4n) is 1.68. The van der Waals surface area contributed by atoms with E-state index in [-0.39, 0.29) is 0 Å². The van der Waals surface area contributed by atoms with Gasteiger partial charge in [0.2, 0.25) is 5.95 Å². The standard InChI is InChI=1S/C14H16ClN3/c1-3-7-16-14-17-10(2)8-13(18-14)11-5-4-6-12(15)9-11/h4-6,8-9H,3,7H2,1-2H3,(H,16,17,18). The third-order valence-electron chi connectivity index (χ3n) is 2.51. The van der Waals surface area contributed by atoms with E-state index in [1.165, 1.54) is 0 Å². The lowest BCUT2D eigenvalue weighted by molar-refractivity contribution is 0.947. The van der Waals surface area contributed by atoms with Gasteiger partial charge in [-0.2, -0.15) is 0 Å². The molecule has 0 aliphatic carbocycles. The molecule has 1 aromatic heterocycles. The number of nitrogens with zero attached hydrogens (tertiary/aromatic N) is 2. The molecule has 0 saturated heterocycles. The maximum atomic E-state index is 6.00. The topological polar surface area (TPSA) is 37.8 Å². The van der Waals surface area contributed by atoms with E-state index in [1.54, 1.807) is 0 Å². The molecule has 0 atom stereocenters. The zero-order valence-electron chi connectivity index (χ0n) is 10.6. The van der Waals surface area contributed by atoms with Crippen LogP contribution < -0.4 is 5.32 Å². The van der Waals surface area contributed by atoms with Gasteiger partial charge in [0.05, 0.1) is 5.69 Å². The van der Waals surface area contributed by atoms with Crippen LogP contribution >= 0.6 is 11.6 Å². The van der Waals surface area contributed by atoms with E-state index in [9.17, 15) is 0 Å². The Morgan fingerprint density at radius 2 is 2.06 bits per heavy atom. The van der Waals surface area contributed by atoms with Gasteiger partial charge in [-0.15, -0.1) is 0 Å². The number of hydrogen-bond donors (Lipinski definition) is 1. The van der Waals surface area contributed by atoms with Crippen LogP contribution in [0, 0.1) is 6.92 Å². The number of nitrogens with one attached hydrogen (secondary N) is 1. The number of aromatic nitrogens is 2. The molecule has 0 fully saturated rings. The van der Waals surface area contributed by atoms with Crippen LogP contribution in [0.5, 0.6) is 0 Å². The molecule has 0 aliphatic heterocycles. The number of anilines is 1. The lowest BCUT2D eigenvalue weighted by Crippen LogP contribution is -2.05. The van der Waals surface area contributed by atoms with Gasteiger partial charge in [0.15, 0.2) is 0 Å². The number of halogens is 1. The Kier molecular flexibility index (Phi) is 4.15. The third kappa shape index (κ3) is 3.20. The molecule has 1 N–H and O–H groups in total. The highest BCUT2D eigenvalue weighted by atomic mass is 35.5. The molecule has 0 aliphatic rings. The first kappa shape index (κ1) is 12.8. The predicted molar refractivity (Wildman–Crippen MR) is 76.0 cm³/mol. The van der Waals surface area contributed by atoms with Gasteiger partial charge >= 0.3 is 0 Å². The van der Waals surface area contributed by atoms with Gasteiger partial charge in [-0.25, -0.2) is 9.97 Å². The Morgan fingerprint density at radius 1 is 1.22 bits per heavy atom. The fourth-order valence-corrected chi connectivity index (χ4v) is 1.87. The van der Waals surface area contributed by atoms with Crippen molar-refractivity contribution in [2.24, 2.45) is 0 Å². The number of benzene rings is 1. The number of hydrogen-bond acceptors (Lipinski definition) is 3. The molecule has 4 heteroatoms. The van der Waals surface area contributed by atoms with Crippen LogP contribution in [0.25, 0.3) is 11.3 Å². The molecule has 1 aromatic carbocycles. The molecular formula is C14H16ClN3. The average molecular weight is 262 g/mol. The molecule has 0 spiro atoms. The normalized spacial score (nSPS) is 10.4. The molecular weight excluding hydrogens is 246 g/mol. The Labute approximate surface area is 112 Å². The summed E-state index contributed by atoms with van der Waals surface area (Å²) >= 11 is 6.00. The lowest BCUT2D eigenvalue weighted by Gasteiger charge is -2.07. The highest BCUT2D eigenvalue weighted by molar-refractivity contribution is 6.30. The highest BCUT2D eigenvalue weighted by Gasteiger charge is 2.04. The second-order valence-corrected chi connectivity index (χ2v) is 4.59. The van der Waals surface area contributed by atoms with Gasteiger partial charge < -0.3 is 5.32 Å². The molecule has 2 aromatic rings. The van der Waals surface area contributed by atoms with Crippen molar-refractivity contribution in [3.8, 4) is 11.3 Å². The number of aryl methyl sites for hydroxylation is 1. The average Bonchev–Trinajstić information content (AvgIpc) is 2.36. The second-order valence-electron chi connectivity index (χ2n) is 4.16. The van der Waals surface area contributed by atoms with Gasteiger partial charge in [0, 0.05) is 22.8 Å². The van der Waals surface area contributed by atoms with Crippen molar-refractivity contribution in [3.05, 3.63) is 41.0 Å². The zero-order chi connectivity index (χ0) is 13.0. The largest absolute Gasteiger partial charge is 0.354 e. The van der Waals surface area contributed by atoms with Crippen LogP contribution in [0.3, 0.4) is 0 Å². The Morgan fingerprint density at radius 3 is 2.78 bits per heavy atom. The molecule has 2 rings (SSSR count). The minimum absolute atomic E-state index is 0.673. The molecule has 94 valence electrons. The van der Waals surface area contributed by atoms with E-state index in [4.69, 9.17) is 11.6 Å². The van der Waals surface area contributed by atoms with Gasteiger partial charge in [-0.05, 0) is 31.5 Å². The van der Waals surface area contributed by atoms with Crippen molar-refractivity contribution >= 4 is 17.5 Å². The van der Waals surface area contributed by atoms with Crippen LogP contribution in [0.1, 0.15) is 19.0 Å². The van der Waals surface area contributed by atoms with Crippen molar-refractivity contribution in [1.82, 2.24) is 9.97 Å². The van der Waals surface area contributed by atoms with Gasteiger partial charge in [-0.1, -0.05) is 30.7 Å². The van der Waals surface area contributed by atoms with Crippen molar-refractivity contribution in [3.63, 3.8) is 0 Å². The van der Waals surface area contributed by atoms with Crippen LogP contribution in [-0.2, 0) is 0 Å². The Balaban J connectivity index is 2.35. The summed E-state index contributed by atoms with van der Waals surface area (Å²) in [5.41, 5.74) is 2.84. The Hall–Kier alpha value is -1.61. The number of rotatable bonds is 4. The van der Waals surface area contributed by atoms with Crippen LogP contribution in [0.4, 0.5) is 5.95 Å². The van der Waals surface area contributed by atoms with Crippen LogP contribution in [-0.4, -0.2) is 16.5 Å². The van der Waals surface area contributed by atoms with E-state index >= 15 is 0 Å². The van der Waals surface area contributed by atoms with Crippen molar-refractivity contribution in [2.75, 3.05) is 11.9 Å². The molecule has 3 nitrogen and oxygen atoms in total. The molecule has 1 heterocycles. The molecule has 0 saturated carbocycles. The minimum Gasteiger partial charge on any atom is -0.354 e. The molecule has 0 amide bonds. The summed E-state index contributed by atoms with van der Waals surface area (Å²) in [7, 11) is 0. The smallest absolute Gasteiger partial charge is 0.223 e. The van der Waals surface area contributed by atoms with E-state index in [0.29, 0.717) is 11.0 Å². The zero-order valence-corrected chi connectivity index (χ0v) is 11.3. The molecule has 0 unspecified atom stereocenters. The molecule has 0 bridgehead atoms. The quantitative estimate of drug-likeness (QED) is 0.906. The van der Waals surface area contributed by atoms with Gasteiger partial charge in [0.25, 0.3) is 0 Å².